The van der Waals surface area contributed by atoms with Crippen LogP contribution in [0.25, 0.3) is 0 Å². The van der Waals surface area contributed by atoms with Crippen molar-refractivity contribution in [3.8, 4) is 0 Å². The Morgan fingerprint density at radius 1 is 1.11 bits per heavy atom. The number of halogens is 3. The molecule has 2 N–H and O–H groups in total. The lowest BCUT2D eigenvalue weighted by Gasteiger charge is -2.34. The van der Waals surface area contributed by atoms with Gasteiger partial charge in [0.1, 0.15) is 17.6 Å². The largest absolute Gasteiger partial charge is 0.351 e. The molecule has 1 aromatic carbocycles. The molecule has 0 radical (unpaired) electrons. The molecule has 2 aliphatic carbocycles. The van der Waals surface area contributed by atoms with Gasteiger partial charge in [0.2, 0.25) is 11.8 Å². The van der Waals surface area contributed by atoms with E-state index in [-0.39, 0.29) is 37.1 Å². The SMILES string of the molecule is Cc1ccncc1C(C(=O)NC1CCC(F)(F)CC1)N(C(=O)c1cnc[nH]1)c1ccc(C2CC2)cc1F. The van der Waals surface area contributed by atoms with Crippen LogP contribution in [-0.2, 0) is 4.79 Å². The van der Waals surface area contributed by atoms with Crippen LogP contribution in [0.2, 0.25) is 0 Å². The molecular formula is C27H28F3N5O2. The smallest absolute Gasteiger partial charge is 0.277 e. The van der Waals surface area contributed by atoms with Crippen molar-refractivity contribution in [2.75, 3.05) is 4.90 Å². The van der Waals surface area contributed by atoms with Crippen LogP contribution >= 0.6 is 0 Å². The molecule has 2 amide bonds. The van der Waals surface area contributed by atoms with Gasteiger partial charge in [0.25, 0.3) is 5.91 Å². The fraction of sp³-hybridized carbons (Fsp3) is 0.407. The Morgan fingerprint density at radius 2 is 1.86 bits per heavy atom. The summed E-state index contributed by atoms with van der Waals surface area (Å²) in [6, 6.07) is 4.62. The molecule has 2 heterocycles. The van der Waals surface area contributed by atoms with Gasteiger partial charge in [-0.2, -0.15) is 0 Å². The minimum absolute atomic E-state index is 0.0671. The van der Waals surface area contributed by atoms with Crippen molar-refractivity contribution in [2.24, 2.45) is 0 Å². The molecule has 7 nitrogen and oxygen atoms in total. The van der Waals surface area contributed by atoms with Crippen LogP contribution in [0.15, 0.2) is 49.2 Å². The molecule has 37 heavy (non-hydrogen) atoms. The number of alkyl halides is 2. The molecule has 0 bridgehead atoms. The molecule has 0 spiro atoms. The summed E-state index contributed by atoms with van der Waals surface area (Å²) in [6.45, 7) is 1.77. The van der Waals surface area contributed by atoms with E-state index in [1.165, 1.54) is 30.9 Å². The third-order valence-electron chi connectivity index (χ3n) is 7.17. The number of rotatable bonds is 7. The van der Waals surface area contributed by atoms with Gasteiger partial charge in [0, 0.05) is 36.8 Å². The van der Waals surface area contributed by atoms with Crippen LogP contribution in [0.5, 0.6) is 0 Å². The minimum Gasteiger partial charge on any atom is -0.351 e. The van der Waals surface area contributed by atoms with Gasteiger partial charge in [-0.1, -0.05) is 6.07 Å². The van der Waals surface area contributed by atoms with Crippen LogP contribution < -0.4 is 10.2 Å². The predicted octanol–water partition coefficient (Wildman–Crippen LogP) is 5.21. The average molecular weight is 512 g/mol. The molecule has 0 aliphatic heterocycles. The van der Waals surface area contributed by atoms with Crippen molar-refractivity contribution in [1.29, 1.82) is 0 Å². The van der Waals surface area contributed by atoms with Gasteiger partial charge in [0.05, 0.1) is 18.2 Å². The number of H-pyrrole nitrogens is 1. The molecule has 1 unspecified atom stereocenters. The number of pyridine rings is 1. The number of nitrogens with one attached hydrogen (secondary N) is 2. The highest BCUT2D eigenvalue weighted by molar-refractivity contribution is 6.09. The number of aromatic amines is 1. The Morgan fingerprint density at radius 3 is 2.49 bits per heavy atom. The summed E-state index contributed by atoms with van der Waals surface area (Å²) in [7, 11) is 0. The standard InChI is InChI=1S/C27H28F3N5O2/c1-16-8-11-31-13-20(16)24(25(36)34-19-6-9-27(29,30)10-7-19)35(26(37)22-14-32-15-33-22)23-5-4-18(12-21(23)28)17-2-3-17/h4-5,8,11-15,17,19,24H,2-3,6-7,9-10H2,1H3,(H,32,33)(H,34,36). The van der Waals surface area contributed by atoms with Crippen molar-refractivity contribution in [1.82, 2.24) is 20.3 Å². The molecule has 1 atom stereocenters. The molecule has 10 heteroatoms. The van der Waals surface area contributed by atoms with E-state index in [1.54, 1.807) is 25.3 Å². The zero-order valence-electron chi connectivity index (χ0n) is 20.4. The predicted molar refractivity (Wildman–Crippen MR) is 131 cm³/mol. The van der Waals surface area contributed by atoms with E-state index in [0.717, 1.165) is 23.3 Å². The summed E-state index contributed by atoms with van der Waals surface area (Å²) < 4.78 is 43.1. The molecule has 2 saturated carbocycles. The monoisotopic (exact) mass is 511 g/mol. The van der Waals surface area contributed by atoms with E-state index < -0.39 is 35.6 Å². The molecule has 194 valence electrons. The highest BCUT2D eigenvalue weighted by Gasteiger charge is 2.40. The number of anilines is 1. The summed E-state index contributed by atoms with van der Waals surface area (Å²) in [5.41, 5.74) is 1.92. The first-order valence-electron chi connectivity index (χ1n) is 12.4. The first-order chi connectivity index (χ1) is 17.7. The number of carbonyl (C=O) groups is 2. The molecule has 2 fully saturated rings. The summed E-state index contributed by atoms with van der Waals surface area (Å²) in [4.78, 5) is 39.5. The number of aromatic nitrogens is 3. The zero-order chi connectivity index (χ0) is 26.2. The number of amides is 2. The molecule has 3 aromatic rings. The first kappa shape index (κ1) is 25.0. The Labute approximate surface area is 212 Å². The van der Waals surface area contributed by atoms with Gasteiger partial charge in [-0.25, -0.2) is 18.2 Å². The first-order valence-corrected chi connectivity index (χ1v) is 12.4. The summed E-state index contributed by atoms with van der Waals surface area (Å²) >= 11 is 0. The van der Waals surface area contributed by atoms with E-state index in [9.17, 15) is 18.4 Å². The Hall–Kier alpha value is -3.69. The van der Waals surface area contributed by atoms with Crippen molar-refractivity contribution < 1.29 is 22.8 Å². The number of imidazole rings is 1. The van der Waals surface area contributed by atoms with Gasteiger partial charge in [-0.3, -0.25) is 19.5 Å². The normalized spacial score (nSPS) is 18.3. The van der Waals surface area contributed by atoms with Crippen molar-refractivity contribution in [3.05, 3.63) is 77.4 Å². The van der Waals surface area contributed by atoms with Crippen LogP contribution in [0.4, 0.5) is 18.9 Å². The minimum atomic E-state index is -2.75. The van der Waals surface area contributed by atoms with Crippen LogP contribution in [-0.4, -0.2) is 38.7 Å². The van der Waals surface area contributed by atoms with Gasteiger partial charge < -0.3 is 10.3 Å². The Bertz CT molecular complexity index is 1280. The van der Waals surface area contributed by atoms with E-state index in [2.05, 4.69) is 20.3 Å². The van der Waals surface area contributed by atoms with Gasteiger partial charge >= 0.3 is 0 Å². The highest BCUT2D eigenvalue weighted by atomic mass is 19.3. The lowest BCUT2D eigenvalue weighted by molar-refractivity contribution is -0.124. The lowest BCUT2D eigenvalue weighted by Crippen LogP contribution is -2.49. The van der Waals surface area contributed by atoms with Crippen molar-refractivity contribution in [2.45, 2.75) is 69.4 Å². The van der Waals surface area contributed by atoms with Crippen LogP contribution in [0.3, 0.4) is 0 Å². The van der Waals surface area contributed by atoms with E-state index in [4.69, 9.17) is 0 Å². The third kappa shape index (κ3) is 5.38. The topological polar surface area (TPSA) is 91.0 Å². The number of benzene rings is 1. The fourth-order valence-corrected chi connectivity index (χ4v) is 4.88. The van der Waals surface area contributed by atoms with Crippen molar-refractivity contribution in [3.63, 3.8) is 0 Å². The average Bonchev–Trinajstić information content (AvgIpc) is 3.58. The van der Waals surface area contributed by atoms with Gasteiger partial charge in [-0.05, 0) is 67.9 Å². The zero-order valence-corrected chi connectivity index (χ0v) is 20.4. The maximum Gasteiger partial charge on any atom is 0.277 e. The second-order valence-electron chi connectivity index (χ2n) is 9.90. The third-order valence-corrected chi connectivity index (χ3v) is 7.17. The molecule has 0 saturated heterocycles. The van der Waals surface area contributed by atoms with E-state index in [1.807, 2.05) is 0 Å². The second kappa shape index (κ2) is 9.99. The van der Waals surface area contributed by atoms with Gasteiger partial charge in [0.15, 0.2) is 0 Å². The maximum absolute atomic E-state index is 15.6. The van der Waals surface area contributed by atoms with Crippen molar-refractivity contribution >= 4 is 17.5 Å². The van der Waals surface area contributed by atoms with E-state index >= 15 is 4.39 Å². The molecule has 2 aliphatic rings. The summed E-state index contributed by atoms with van der Waals surface area (Å²) in [6.07, 6.45) is 7.18. The molecule has 5 rings (SSSR count). The number of hydrogen-bond acceptors (Lipinski definition) is 4. The van der Waals surface area contributed by atoms with Crippen LogP contribution in [0, 0.1) is 12.7 Å². The second-order valence-corrected chi connectivity index (χ2v) is 9.90. The number of hydrogen-bond donors (Lipinski definition) is 2. The Balaban J connectivity index is 1.57. The quantitative estimate of drug-likeness (QED) is 0.456. The molecule has 2 aromatic heterocycles. The maximum atomic E-state index is 15.6. The molecular weight excluding hydrogens is 483 g/mol. The van der Waals surface area contributed by atoms with Gasteiger partial charge in [-0.15, -0.1) is 0 Å². The number of aryl methyl sites for hydroxylation is 1. The highest BCUT2D eigenvalue weighted by Crippen LogP contribution is 2.42. The van der Waals surface area contributed by atoms with E-state index in [0.29, 0.717) is 17.0 Å². The lowest BCUT2D eigenvalue weighted by atomic mass is 9.91. The fourth-order valence-electron chi connectivity index (χ4n) is 4.88. The summed E-state index contributed by atoms with van der Waals surface area (Å²) in [5.74, 6) is -4.34. The number of nitrogens with zero attached hydrogens (tertiary/aromatic N) is 3. The summed E-state index contributed by atoms with van der Waals surface area (Å²) in [5, 5.41) is 2.85. The van der Waals surface area contributed by atoms with Crippen LogP contribution in [0.1, 0.15) is 77.7 Å². The Kier molecular flexibility index (Phi) is 6.74. The number of carbonyl (C=O) groups excluding carboxylic acids is 2.